The largest absolute Gasteiger partial charge is 0.497 e. The van der Waals surface area contributed by atoms with Crippen LogP contribution in [0.1, 0.15) is 6.04 Å². The summed E-state index contributed by atoms with van der Waals surface area (Å²) < 4.78 is 6.37. The van der Waals surface area contributed by atoms with Crippen LogP contribution in [-0.4, -0.2) is 29.8 Å². The SMILES string of the molecule is COc1ccc2[nH]c(=O)n(C3CNC3)c(=O)c2c1. The number of aromatic amines is 1. The lowest BCUT2D eigenvalue weighted by atomic mass is 10.1. The molecular formula is C12H13N3O3. The van der Waals surface area contributed by atoms with E-state index in [-0.39, 0.29) is 17.3 Å². The molecule has 2 aromatic rings. The zero-order chi connectivity index (χ0) is 12.7. The van der Waals surface area contributed by atoms with Crippen LogP contribution in [0.4, 0.5) is 0 Å². The van der Waals surface area contributed by atoms with Gasteiger partial charge in [0, 0.05) is 13.1 Å². The summed E-state index contributed by atoms with van der Waals surface area (Å²) in [4.78, 5) is 26.9. The lowest BCUT2D eigenvalue weighted by Crippen LogP contribution is -2.51. The predicted octanol–water partition coefficient (Wildman–Crippen LogP) is -0.157. The van der Waals surface area contributed by atoms with E-state index in [0.717, 1.165) is 0 Å². The van der Waals surface area contributed by atoms with Crippen molar-refractivity contribution in [3.05, 3.63) is 39.0 Å². The highest BCUT2D eigenvalue weighted by Crippen LogP contribution is 2.16. The van der Waals surface area contributed by atoms with E-state index in [0.29, 0.717) is 29.7 Å². The summed E-state index contributed by atoms with van der Waals surface area (Å²) in [5.41, 5.74) is -0.0855. The fraction of sp³-hybridized carbons (Fsp3) is 0.333. The number of hydrogen-bond donors (Lipinski definition) is 2. The van der Waals surface area contributed by atoms with Gasteiger partial charge in [0.1, 0.15) is 5.75 Å². The lowest BCUT2D eigenvalue weighted by molar-refractivity contribution is 0.327. The zero-order valence-electron chi connectivity index (χ0n) is 9.90. The van der Waals surface area contributed by atoms with Gasteiger partial charge in [-0.05, 0) is 18.2 Å². The number of nitrogens with one attached hydrogen (secondary N) is 2. The first-order valence-electron chi connectivity index (χ1n) is 5.74. The fourth-order valence-corrected chi connectivity index (χ4v) is 2.12. The summed E-state index contributed by atoms with van der Waals surface area (Å²) >= 11 is 0. The lowest BCUT2D eigenvalue weighted by Gasteiger charge is -2.28. The number of nitrogens with zero attached hydrogens (tertiary/aromatic N) is 1. The highest BCUT2D eigenvalue weighted by atomic mass is 16.5. The van der Waals surface area contributed by atoms with Gasteiger partial charge in [0.05, 0.1) is 24.1 Å². The van der Waals surface area contributed by atoms with Crippen LogP contribution in [-0.2, 0) is 0 Å². The van der Waals surface area contributed by atoms with E-state index in [4.69, 9.17) is 4.74 Å². The maximum atomic E-state index is 12.3. The molecule has 94 valence electrons. The summed E-state index contributed by atoms with van der Waals surface area (Å²) in [5.74, 6) is 0.602. The van der Waals surface area contributed by atoms with Gasteiger partial charge in [0.15, 0.2) is 0 Å². The van der Waals surface area contributed by atoms with Crippen LogP contribution in [0.2, 0.25) is 0 Å². The maximum absolute atomic E-state index is 12.3. The van der Waals surface area contributed by atoms with Crippen LogP contribution in [0.5, 0.6) is 5.75 Å². The fourth-order valence-electron chi connectivity index (χ4n) is 2.12. The van der Waals surface area contributed by atoms with Crippen molar-refractivity contribution < 1.29 is 4.74 Å². The minimum atomic E-state index is -0.357. The Balaban J connectivity index is 2.31. The predicted molar refractivity (Wildman–Crippen MR) is 67.3 cm³/mol. The molecular weight excluding hydrogens is 234 g/mol. The van der Waals surface area contributed by atoms with Crippen LogP contribution < -0.4 is 21.3 Å². The van der Waals surface area contributed by atoms with Crippen molar-refractivity contribution >= 4 is 10.9 Å². The molecule has 0 atom stereocenters. The Morgan fingerprint density at radius 1 is 1.33 bits per heavy atom. The van der Waals surface area contributed by atoms with Gasteiger partial charge in [0.2, 0.25) is 0 Å². The van der Waals surface area contributed by atoms with Crippen molar-refractivity contribution in [1.82, 2.24) is 14.9 Å². The number of H-pyrrole nitrogens is 1. The van der Waals surface area contributed by atoms with Crippen molar-refractivity contribution in [2.45, 2.75) is 6.04 Å². The summed E-state index contributed by atoms with van der Waals surface area (Å²) in [6, 6.07) is 4.99. The van der Waals surface area contributed by atoms with Crippen molar-refractivity contribution in [1.29, 1.82) is 0 Å². The molecule has 1 saturated heterocycles. The number of benzene rings is 1. The van der Waals surface area contributed by atoms with Crippen LogP contribution in [0.15, 0.2) is 27.8 Å². The van der Waals surface area contributed by atoms with E-state index in [1.807, 2.05) is 0 Å². The zero-order valence-corrected chi connectivity index (χ0v) is 9.90. The van der Waals surface area contributed by atoms with Crippen LogP contribution >= 0.6 is 0 Å². The molecule has 0 aliphatic carbocycles. The Hall–Kier alpha value is -2.08. The molecule has 1 fully saturated rings. The van der Waals surface area contributed by atoms with Crippen molar-refractivity contribution in [2.75, 3.05) is 20.2 Å². The molecule has 1 aromatic carbocycles. The molecule has 1 aliphatic heterocycles. The third kappa shape index (κ3) is 1.53. The summed E-state index contributed by atoms with van der Waals surface area (Å²) in [7, 11) is 1.54. The van der Waals surface area contributed by atoms with Gasteiger partial charge >= 0.3 is 5.69 Å². The topological polar surface area (TPSA) is 76.1 Å². The van der Waals surface area contributed by atoms with E-state index in [2.05, 4.69) is 10.3 Å². The van der Waals surface area contributed by atoms with Crippen molar-refractivity contribution in [3.8, 4) is 5.75 Å². The van der Waals surface area contributed by atoms with E-state index in [1.54, 1.807) is 25.3 Å². The monoisotopic (exact) mass is 247 g/mol. The molecule has 0 saturated carbocycles. The van der Waals surface area contributed by atoms with Crippen LogP contribution in [0.25, 0.3) is 10.9 Å². The Morgan fingerprint density at radius 2 is 2.11 bits per heavy atom. The van der Waals surface area contributed by atoms with Crippen LogP contribution in [0, 0.1) is 0 Å². The second-order valence-corrected chi connectivity index (χ2v) is 4.33. The third-order valence-electron chi connectivity index (χ3n) is 3.26. The molecule has 6 nitrogen and oxygen atoms in total. The van der Waals surface area contributed by atoms with Gasteiger partial charge in [-0.2, -0.15) is 0 Å². The first-order chi connectivity index (χ1) is 8.70. The Morgan fingerprint density at radius 3 is 2.72 bits per heavy atom. The van der Waals surface area contributed by atoms with E-state index >= 15 is 0 Å². The summed E-state index contributed by atoms with van der Waals surface area (Å²) in [6.07, 6.45) is 0. The maximum Gasteiger partial charge on any atom is 0.329 e. The van der Waals surface area contributed by atoms with Gasteiger partial charge in [-0.3, -0.25) is 9.36 Å². The van der Waals surface area contributed by atoms with Gasteiger partial charge in [-0.1, -0.05) is 0 Å². The van der Waals surface area contributed by atoms with E-state index in [1.165, 1.54) is 4.57 Å². The average Bonchev–Trinajstić information content (AvgIpc) is 2.31. The number of methoxy groups -OCH3 is 1. The molecule has 2 heterocycles. The number of rotatable bonds is 2. The first-order valence-corrected chi connectivity index (χ1v) is 5.74. The van der Waals surface area contributed by atoms with Gasteiger partial charge in [0.25, 0.3) is 5.56 Å². The molecule has 0 radical (unpaired) electrons. The Kier molecular flexibility index (Phi) is 2.45. The first kappa shape index (κ1) is 11.0. The molecule has 1 aliphatic rings. The molecule has 3 rings (SSSR count). The van der Waals surface area contributed by atoms with Crippen LogP contribution in [0.3, 0.4) is 0 Å². The minimum Gasteiger partial charge on any atom is -0.497 e. The highest BCUT2D eigenvalue weighted by molar-refractivity contribution is 5.78. The van der Waals surface area contributed by atoms with Crippen molar-refractivity contribution in [2.24, 2.45) is 0 Å². The molecule has 0 amide bonds. The Bertz CT molecular complexity index is 713. The molecule has 18 heavy (non-hydrogen) atoms. The molecule has 6 heteroatoms. The van der Waals surface area contributed by atoms with Gasteiger partial charge < -0.3 is 15.0 Å². The summed E-state index contributed by atoms with van der Waals surface area (Å²) in [6.45, 7) is 1.30. The molecule has 2 N–H and O–H groups in total. The van der Waals surface area contributed by atoms with E-state index in [9.17, 15) is 9.59 Å². The Labute approximate surface area is 102 Å². The summed E-state index contributed by atoms with van der Waals surface area (Å²) in [5, 5.41) is 3.52. The molecule has 0 bridgehead atoms. The van der Waals surface area contributed by atoms with Crippen molar-refractivity contribution in [3.63, 3.8) is 0 Å². The highest BCUT2D eigenvalue weighted by Gasteiger charge is 2.23. The quantitative estimate of drug-likeness (QED) is 0.773. The normalized spacial score (nSPS) is 15.6. The number of fused-ring (bicyclic) bond motifs is 1. The van der Waals surface area contributed by atoms with E-state index < -0.39 is 0 Å². The number of hydrogen-bond acceptors (Lipinski definition) is 4. The molecule has 0 spiro atoms. The third-order valence-corrected chi connectivity index (χ3v) is 3.26. The number of aromatic nitrogens is 2. The molecule has 0 unspecified atom stereocenters. The van der Waals surface area contributed by atoms with Gasteiger partial charge in [-0.25, -0.2) is 4.79 Å². The minimum absolute atomic E-state index is 0.0585. The second kappa shape index (κ2) is 3.99. The molecule has 1 aromatic heterocycles. The second-order valence-electron chi connectivity index (χ2n) is 4.33. The smallest absolute Gasteiger partial charge is 0.329 e. The number of ether oxygens (including phenoxy) is 1. The average molecular weight is 247 g/mol. The van der Waals surface area contributed by atoms with Gasteiger partial charge in [-0.15, -0.1) is 0 Å². The standard InChI is InChI=1S/C12H13N3O3/c1-18-8-2-3-10-9(4-8)11(16)15(12(17)14-10)7-5-13-6-7/h2-4,7,13H,5-6H2,1H3,(H,14,17).